The third-order valence-electron chi connectivity index (χ3n) is 2.58. The van der Waals surface area contributed by atoms with Crippen molar-refractivity contribution in [2.45, 2.75) is 13.3 Å². The van der Waals surface area contributed by atoms with Crippen LogP contribution in [0, 0.1) is 17.8 Å². The number of nitrogens with one attached hydrogen (secondary N) is 1. The SMILES string of the molecule is CC1CNCC2CC12. The van der Waals surface area contributed by atoms with Crippen LogP contribution in [0.4, 0.5) is 0 Å². The lowest BCUT2D eigenvalue weighted by atomic mass is 10.0. The average molecular weight is 111 g/mol. The Balaban J connectivity index is 1.99. The molecule has 1 heteroatoms. The molecule has 0 spiro atoms. The van der Waals surface area contributed by atoms with Crippen LogP contribution >= 0.6 is 0 Å². The lowest BCUT2D eigenvalue weighted by Crippen LogP contribution is -2.30. The van der Waals surface area contributed by atoms with Gasteiger partial charge in [-0.05, 0) is 37.3 Å². The van der Waals surface area contributed by atoms with Crippen molar-refractivity contribution in [3.05, 3.63) is 0 Å². The number of fused-ring (bicyclic) bond motifs is 1. The number of rotatable bonds is 0. The van der Waals surface area contributed by atoms with Crippen molar-refractivity contribution in [3.8, 4) is 0 Å². The summed E-state index contributed by atoms with van der Waals surface area (Å²) in [5.41, 5.74) is 0. The summed E-state index contributed by atoms with van der Waals surface area (Å²) >= 11 is 0. The number of hydrogen-bond donors (Lipinski definition) is 1. The lowest BCUT2D eigenvalue weighted by Gasteiger charge is -2.17. The van der Waals surface area contributed by atoms with Crippen LogP contribution in [0.3, 0.4) is 0 Å². The Bertz CT molecular complexity index is 101. The largest absolute Gasteiger partial charge is 0.316 e. The summed E-state index contributed by atoms with van der Waals surface area (Å²) in [5.74, 6) is 3.14. The van der Waals surface area contributed by atoms with E-state index >= 15 is 0 Å². The molecule has 1 aliphatic carbocycles. The van der Waals surface area contributed by atoms with Gasteiger partial charge in [-0.25, -0.2) is 0 Å². The molecule has 0 amide bonds. The third kappa shape index (κ3) is 0.576. The molecule has 1 heterocycles. The Morgan fingerprint density at radius 1 is 1.38 bits per heavy atom. The Hall–Kier alpha value is -0.0400. The molecule has 0 aromatic rings. The van der Waals surface area contributed by atoms with E-state index in [0.29, 0.717) is 0 Å². The maximum Gasteiger partial charge on any atom is -0.00175 e. The van der Waals surface area contributed by atoms with Crippen LogP contribution in [0.1, 0.15) is 13.3 Å². The van der Waals surface area contributed by atoms with E-state index in [1.54, 1.807) is 0 Å². The van der Waals surface area contributed by atoms with E-state index in [4.69, 9.17) is 0 Å². The normalized spacial score (nSPS) is 52.9. The van der Waals surface area contributed by atoms with Crippen LogP contribution in [-0.4, -0.2) is 13.1 Å². The van der Waals surface area contributed by atoms with Crippen molar-refractivity contribution in [3.63, 3.8) is 0 Å². The van der Waals surface area contributed by atoms with Gasteiger partial charge in [0.15, 0.2) is 0 Å². The molecule has 0 bridgehead atoms. The van der Waals surface area contributed by atoms with Gasteiger partial charge in [-0.15, -0.1) is 0 Å². The molecule has 46 valence electrons. The standard InChI is InChI=1S/C7H13N/c1-5-3-8-4-6-2-7(5)6/h5-8H,2-4H2,1H3. The van der Waals surface area contributed by atoms with E-state index in [2.05, 4.69) is 12.2 Å². The molecule has 1 N–H and O–H groups in total. The smallest absolute Gasteiger partial charge is 0.00175 e. The van der Waals surface area contributed by atoms with Crippen molar-refractivity contribution in [1.29, 1.82) is 0 Å². The minimum atomic E-state index is 0.966. The molecule has 3 unspecified atom stereocenters. The summed E-state index contributed by atoms with van der Waals surface area (Å²) in [6.07, 6.45) is 1.51. The van der Waals surface area contributed by atoms with Gasteiger partial charge in [-0.3, -0.25) is 0 Å². The zero-order valence-corrected chi connectivity index (χ0v) is 5.35. The maximum atomic E-state index is 3.43. The van der Waals surface area contributed by atoms with Gasteiger partial charge in [0.25, 0.3) is 0 Å². The number of hydrogen-bond acceptors (Lipinski definition) is 1. The van der Waals surface area contributed by atoms with E-state index in [9.17, 15) is 0 Å². The first kappa shape index (κ1) is 4.80. The second-order valence-corrected chi connectivity index (χ2v) is 3.30. The van der Waals surface area contributed by atoms with E-state index in [1.165, 1.54) is 19.5 Å². The molecular formula is C7H13N. The van der Waals surface area contributed by atoms with Gasteiger partial charge < -0.3 is 5.32 Å². The maximum absolute atomic E-state index is 3.43. The minimum absolute atomic E-state index is 0.966. The van der Waals surface area contributed by atoms with E-state index in [-0.39, 0.29) is 0 Å². The first-order valence-electron chi connectivity index (χ1n) is 3.58. The first-order chi connectivity index (χ1) is 3.88. The van der Waals surface area contributed by atoms with Gasteiger partial charge in [0.2, 0.25) is 0 Å². The molecule has 2 fully saturated rings. The average Bonchev–Trinajstić information content (AvgIpc) is 2.45. The van der Waals surface area contributed by atoms with Crippen molar-refractivity contribution < 1.29 is 0 Å². The zero-order valence-electron chi connectivity index (χ0n) is 5.35. The van der Waals surface area contributed by atoms with Gasteiger partial charge in [0.05, 0.1) is 0 Å². The monoisotopic (exact) mass is 111 g/mol. The highest BCUT2D eigenvalue weighted by atomic mass is 14.9. The predicted octanol–water partition coefficient (Wildman–Crippen LogP) is 0.862. The summed E-state index contributed by atoms with van der Waals surface area (Å²) in [6.45, 7) is 4.92. The molecule has 1 saturated heterocycles. The van der Waals surface area contributed by atoms with E-state index in [0.717, 1.165) is 17.8 Å². The van der Waals surface area contributed by atoms with Gasteiger partial charge >= 0.3 is 0 Å². The summed E-state index contributed by atoms with van der Waals surface area (Å²) < 4.78 is 0. The van der Waals surface area contributed by atoms with Crippen LogP contribution in [-0.2, 0) is 0 Å². The van der Waals surface area contributed by atoms with Crippen LogP contribution in [0.25, 0.3) is 0 Å². The van der Waals surface area contributed by atoms with Crippen LogP contribution in [0.2, 0.25) is 0 Å². The summed E-state index contributed by atoms with van der Waals surface area (Å²) in [4.78, 5) is 0. The molecule has 1 saturated carbocycles. The van der Waals surface area contributed by atoms with Crippen molar-refractivity contribution >= 4 is 0 Å². The fraction of sp³-hybridized carbons (Fsp3) is 1.00. The molecule has 3 atom stereocenters. The van der Waals surface area contributed by atoms with Crippen LogP contribution in [0.5, 0.6) is 0 Å². The molecule has 8 heavy (non-hydrogen) atoms. The van der Waals surface area contributed by atoms with Crippen LogP contribution < -0.4 is 5.32 Å². The van der Waals surface area contributed by atoms with Crippen LogP contribution in [0.15, 0.2) is 0 Å². The molecular weight excluding hydrogens is 98.1 g/mol. The topological polar surface area (TPSA) is 12.0 Å². The van der Waals surface area contributed by atoms with Crippen molar-refractivity contribution in [2.75, 3.05) is 13.1 Å². The molecule has 0 aromatic heterocycles. The second kappa shape index (κ2) is 1.47. The zero-order chi connectivity index (χ0) is 5.56. The van der Waals surface area contributed by atoms with E-state index in [1.807, 2.05) is 0 Å². The molecule has 2 aliphatic rings. The first-order valence-corrected chi connectivity index (χ1v) is 3.58. The Labute approximate surface area is 50.5 Å². The quantitative estimate of drug-likeness (QED) is 0.489. The molecule has 1 nitrogen and oxygen atoms in total. The summed E-state index contributed by atoms with van der Waals surface area (Å²) in [5, 5.41) is 3.43. The third-order valence-corrected chi connectivity index (χ3v) is 2.58. The highest BCUT2D eigenvalue weighted by Gasteiger charge is 2.42. The highest BCUT2D eigenvalue weighted by Crippen LogP contribution is 2.45. The number of piperidine rings is 1. The Morgan fingerprint density at radius 3 is 2.88 bits per heavy atom. The highest BCUT2D eigenvalue weighted by molar-refractivity contribution is 4.95. The fourth-order valence-electron chi connectivity index (χ4n) is 1.85. The van der Waals surface area contributed by atoms with Crippen molar-refractivity contribution in [2.24, 2.45) is 17.8 Å². The fourth-order valence-corrected chi connectivity index (χ4v) is 1.85. The van der Waals surface area contributed by atoms with E-state index < -0.39 is 0 Å². The van der Waals surface area contributed by atoms with Gasteiger partial charge in [0.1, 0.15) is 0 Å². The lowest BCUT2D eigenvalue weighted by molar-refractivity contribution is 0.381. The predicted molar refractivity (Wildman–Crippen MR) is 33.6 cm³/mol. The van der Waals surface area contributed by atoms with Gasteiger partial charge in [-0.1, -0.05) is 6.92 Å². The molecule has 0 radical (unpaired) electrons. The van der Waals surface area contributed by atoms with Crippen molar-refractivity contribution in [1.82, 2.24) is 5.32 Å². The summed E-state index contributed by atoms with van der Waals surface area (Å²) in [7, 11) is 0. The van der Waals surface area contributed by atoms with Gasteiger partial charge in [-0.2, -0.15) is 0 Å². The Kier molecular flexibility index (Phi) is 0.884. The molecule has 2 rings (SSSR count). The summed E-state index contributed by atoms with van der Waals surface area (Å²) in [6, 6.07) is 0. The molecule has 0 aromatic carbocycles. The van der Waals surface area contributed by atoms with Gasteiger partial charge in [0, 0.05) is 0 Å². The minimum Gasteiger partial charge on any atom is -0.316 e. The second-order valence-electron chi connectivity index (χ2n) is 3.30. The Morgan fingerprint density at radius 2 is 2.25 bits per heavy atom. The molecule has 1 aliphatic heterocycles.